The highest BCUT2D eigenvalue weighted by atomic mass is 32.2. The van der Waals surface area contributed by atoms with Crippen LogP contribution in [0, 0.1) is 12.8 Å². The van der Waals surface area contributed by atoms with Gasteiger partial charge in [0, 0.05) is 16.5 Å². The van der Waals surface area contributed by atoms with Gasteiger partial charge in [-0.1, -0.05) is 17.3 Å². The number of rotatable bonds is 6. The highest BCUT2D eigenvalue weighted by Gasteiger charge is 2.37. The van der Waals surface area contributed by atoms with Crippen LogP contribution < -0.4 is 4.72 Å². The van der Waals surface area contributed by atoms with E-state index >= 15 is 0 Å². The Labute approximate surface area is 143 Å². The summed E-state index contributed by atoms with van der Waals surface area (Å²) in [6.45, 7) is 1.92. The van der Waals surface area contributed by atoms with E-state index in [-0.39, 0.29) is 11.8 Å². The molecule has 1 N–H and O–H groups in total. The van der Waals surface area contributed by atoms with Gasteiger partial charge in [0.1, 0.15) is 16.5 Å². The number of hydrogen-bond donors (Lipinski definition) is 1. The quantitative estimate of drug-likeness (QED) is 0.727. The molecule has 0 aliphatic heterocycles. The Bertz CT molecular complexity index is 973. The van der Waals surface area contributed by atoms with Crippen LogP contribution in [0.5, 0.6) is 0 Å². The van der Waals surface area contributed by atoms with E-state index in [2.05, 4.69) is 14.9 Å². The second-order valence-electron chi connectivity index (χ2n) is 6.14. The predicted octanol–water partition coefficient (Wildman–Crippen LogP) is 3.16. The lowest BCUT2D eigenvalue weighted by Crippen LogP contribution is -2.31. The normalized spacial score (nSPS) is 16.5. The third-order valence-electron chi connectivity index (χ3n) is 4.08. The van der Waals surface area contributed by atoms with Crippen molar-refractivity contribution in [1.82, 2.24) is 14.9 Å². The van der Waals surface area contributed by atoms with Crippen molar-refractivity contribution in [2.45, 2.75) is 31.6 Å². The zero-order chi connectivity index (χ0) is 16.7. The molecule has 2 heterocycles. The van der Waals surface area contributed by atoms with Crippen LogP contribution in [0.1, 0.15) is 35.3 Å². The number of para-hydroxylation sites is 1. The number of thiazole rings is 1. The molecule has 0 bridgehead atoms. The third-order valence-corrected chi connectivity index (χ3v) is 6.39. The molecule has 1 aromatic carbocycles. The molecule has 3 aromatic rings. The molecule has 1 aliphatic rings. The minimum absolute atomic E-state index is 0.197. The van der Waals surface area contributed by atoms with Gasteiger partial charge in [-0.25, -0.2) is 18.1 Å². The average molecular weight is 363 g/mol. The Kier molecular flexibility index (Phi) is 3.90. The highest BCUT2D eigenvalue weighted by Crippen LogP contribution is 2.42. The van der Waals surface area contributed by atoms with Crippen molar-refractivity contribution in [3.8, 4) is 0 Å². The maximum Gasteiger partial charge on any atom is 0.218 e. The third kappa shape index (κ3) is 3.22. The molecule has 8 heteroatoms. The fourth-order valence-corrected chi connectivity index (χ4v) is 5.11. The van der Waals surface area contributed by atoms with Crippen LogP contribution in [0.25, 0.3) is 11.0 Å². The first-order chi connectivity index (χ1) is 11.5. The summed E-state index contributed by atoms with van der Waals surface area (Å²) in [5, 5.41) is 7.44. The fourth-order valence-electron chi connectivity index (χ4n) is 2.75. The van der Waals surface area contributed by atoms with Crippen LogP contribution in [-0.4, -0.2) is 18.6 Å². The summed E-state index contributed by atoms with van der Waals surface area (Å²) in [5.74, 6) is 0.136. The summed E-state index contributed by atoms with van der Waals surface area (Å²) < 4.78 is 33.3. The Morgan fingerprint density at radius 3 is 2.88 bits per heavy atom. The lowest BCUT2D eigenvalue weighted by atomic mass is 10.2. The first-order valence-corrected chi connectivity index (χ1v) is 10.3. The molecular formula is C16H17N3O3S2. The average Bonchev–Trinajstić information content (AvgIpc) is 3.19. The predicted molar refractivity (Wildman–Crippen MR) is 92.1 cm³/mol. The first-order valence-electron chi connectivity index (χ1n) is 7.77. The molecule has 2 aromatic heterocycles. The number of hydrogen-bond acceptors (Lipinski definition) is 6. The molecule has 0 saturated heterocycles. The molecule has 0 spiro atoms. The van der Waals surface area contributed by atoms with Crippen molar-refractivity contribution < 1.29 is 12.9 Å². The fraction of sp³-hybridized carbons (Fsp3) is 0.375. The van der Waals surface area contributed by atoms with E-state index in [0.717, 1.165) is 28.9 Å². The van der Waals surface area contributed by atoms with Gasteiger partial charge >= 0.3 is 0 Å². The topological polar surface area (TPSA) is 85.1 Å². The van der Waals surface area contributed by atoms with Crippen LogP contribution in [0.3, 0.4) is 0 Å². The first kappa shape index (κ1) is 15.7. The molecule has 1 fully saturated rings. The van der Waals surface area contributed by atoms with Gasteiger partial charge in [-0.15, -0.1) is 11.3 Å². The molecular weight excluding hydrogens is 346 g/mol. The lowest BCUT2D eigenvalue weighted by Gasteiger charge is -2.15. The summed E-state index contributed by atoms with van der Waals surface area (Å²) in [7, 11) is -3.54. The molecule has 1 atom stereocenters. The van der Waals surface area contributed by atoms with Crippen molar-refractivity contribution in [3.63, 3.8) is 0 Å². The van der Waals surface area contributed by atoms with Crippen molar-refractivity contribution in [3.05, 3.63) is 46.0 Å². The number of aromatic nitrogens is 2. The molecule has 0 radical (unpaired) electrons. The smallest absolute Gasteiger partial charge is 0.218 e. The van der Waals surface area contributed by atoms with Crippen LogP contribution in [0.15, 0.2) is 34.2 Å². The summed E-state index contributed by atoms with van der Waals surface area (Å²) >= 11 is 1.50. The van der Waals surface area contributed by atoms with E-state index in [1.165, 1.54) is 11.3 Å². The largest absolute Gasteiger partial charge is 0.356 e. The Hall–Kier alpha value is -1.77. The SMILES string of the molecule is Cc1csc([C@H](NS(=O)(=O)Cc2noc3ccccc23)C2CC2)n1. The van der Waals surface area contributed by atoms with E-state index in [0.29, 0.717) is 17.2 Å². The lowest BCUT2D eigenvalue weighted by molar-refractivity contribution is 0.448. The summed E-state index contributed by atoms with van der Waals surface area (Å²) in [5.41, 5.74) is 1.95. The maximum absolute atomic E-state index is 12.6. The van der Waals surface area contributed by atoms with E-state index in [1.54, 1.807) is 6.07 Å². The Morgan fingerprint density at radius 2 is 2.17 bits per heavy atom. The summed E-state index contributed by atoms with van der Waals surface area (Å²) in [6.07, 6.45) is 2.05. The molecule has 6 nitrogen and oxygen atoms in total. The molecule has 0 amide bonds. The zero-order valence-corrected chi connectivity index (χ0v) is 14.7. The molecule has 0 unspecified atom stereocenters. The zero-order valence-electron chi connectivity index (χ0n) is 13.1. The monoisotopic (exact) mass is 363 g/mol. The van der Waals surface area contributed by atoms with Crippen molar-refractivity contribution >= 4 is 32.3 Å². The van der Waals surface area contributed by atoms with Gasteiger partial charge in [-0.3, -0.25) is 0 Å². The Morgan fingerprint density at radius 1 is 1.38 bits per heavy atom. The number of aryl methyl sites for hydroxylation is 1. The van der Waals surface area contributed by atoms with Crippen LogP contribution in [0.4, 0.5) is 0 Å². The van der Waals surface area contributed by atoms with Crippen molar-refractivity contribution in [1.29, 1.82) is 0 Å². The Balaban J connectivity index is 1.58. The molecule has 126 valence electrons. The summed E-state index contributed by atoms with van der Waals surface area (Å²) in [4.78, 5) is 4.46. The number of nitrogens with zero attached hydrogens (tertiary/aromatic N) is 2. The number of sulfonamides is 1. The molecule has 1 saturated carbocycles. The number of fused-ring (bicyclic) bond motifs is 1. The minimum Gasteiger partial charge on any atom is -0.356 e. The van der Waals surface area contributed by atoms with Crippen LogP contribution >= 0.6 is 11.3 Å². The van der Waals surface area contributed by atoms with E-state index in [9.17, 15) is 8.42 Å². The van der Waals surface area contributed by atoms with Gasteiger partial charge in [0.2, 0.25) is 10.0 Å². The van der Waals surface area contributed by atoms with Crippen molar-refractivity contribution in [2.75, 3.05) is 0 Å². The van der Waals surface area contributed by atoms with Crippen molar-refractivity contribution in [2.24, 2.45) is 5.92 Å². The second kappa shape index (κ2) is 5.94. The van der Waals surface area contributed by atoms with Crippen LogP contribution in [-0.2, 0) is 15.8 Å². The molecule has 24 heavy (non-hydrogen) atoms. The van der Waals surface area contributed by atoms with E-state index < -0.39 is 10.0 Å². The molecule has 1 aliphatic carbocycles. The summed E-state index contributed by atoms with van der Waals surface area (Å²) in [6, 6.07) is 7.02. The van der Waals surface area contributed by atoms with Gasteiger partial charge in [-0.2, -0.15) is 0 Å². The van der Waals surface area contributed by atoms with Gasteiger partial charge in [0.05, 0.1) is 6.04 Å². The van der Waals surface area contributed by atoms with Crippen LogP contribution in [0.2, 0.25) is 0 Å². The second-order valence-corrected chi connectivity index (χ2v) is 8.79. The van der Waals surface area contributed by atoms with Gasteiger partial charge in [0.15, 0.2) is 5.58 Å². The number of benzene rings is 1. The number of nitrogens with one attached hydrogen (secondary N) is 1. The van der Waals surface area contributed by atoms with Gasteiger partial charge in [0.25, 0.3) is 0 Å². The van der Waals surface area contributed by atoms with E-state index in [1.807, 2.05) is 30.5 Å². The van der Waals surface area contributed by atoms with E-state index in [4.69, 9.17) is 4.52 Å². The minimum atomic E-state index is -3.54. The maximum atomic E-state index is 12.6. The highest BCUT2D eigenvalue weighted by molar-refractivity contribution is 7.88. The van der Waals surface area contributed by atoms with Gasteiger partial charge in [-0.05, 0) is 37.8 Å². The standard InChI is InChI=1S/C16H17N3O3S2/c1-10-8-23-16(17-10)15(11-6-7-11)19-24(20,21)9-13-12-4-2-3-5-14(12)22-18-13/h2-5,8,11,15,19H,6-7,9H2,1H3/t15-/m1/s1. The molecule has 4 rings (SSSR count). The van der Waals surface area contributed by atoms with Gasteiger partial charge < -0.3 is 4.52 Å².